The van der Waals surface area contributed by atoms with Gasteiger partial charge in [-0.15, -0.1) is 0 Å². The maximum atomic E-state index is 5.88. The minimum atomic E-state index is 0.321. The van der Waals surface area contributed by atoms with E-state index in [0.717, 1.165) is 18.5 Å². The number of nitrogens with zero attached hydrogens (tertiary/aromatic N) is 1. The van der Waals surface area contributed by atoms with Gasteiger partial charge in [-0.2, -0.15) is 0 Å². The Hall–Kier alpha value is -0.960. The normalized spacial score (nSPS) is 15.8. The van der Waals surface area contributed by atoms with E-state index < -0.39 is 0 Å². The summed E-state index contributed by atoms with van der Waals surface area (Å²) in [6.07, 6.45) is 2.52. The molecule has 1 aromatic rings. The summed E-state index contributed by atoms with van der Waals surface area (Å²) in [5.41, 5.74) is 7.05. The van der Waals surface area contributed by atoms with Crippen molar-refractivity contribution in [2.45, 2.75) is 25.9 Å². The largest absolute Gasteiger partial charge is 0.487 e. The van der Waals surface area contributed by atoms with Crippen molar-refractivity contribution in [2.24, 2.45) is 0 Å². The zero-order valence-electron chi connectivity index (χ0n) is 7.38. The van der Waals surface area contributed by atoms with Crippen molar-refractivity contribution >= 4 is 17.3 Å². The summed E-state index contributed by atoms with van der Waals surface area (Å²) >= 11 is 5.88. The van der Waals surface area contributed by atoms with Crippen molar-refractivity contribution in [1.82, 2.24) is 4.98 Å². The average molecular weight is 199 g/mol. The Morgan fingerprint density at radius 3 is 2.92 bits per heavy atom. The van der Waals surface area contributed by atoms with E-state index in [4.69, 9.17) is 22.1 Å². The van der Waals surface area contributed by atoms with Crippen LogP contribution in [0.5, 0.6) is 5.75 Å². The molecule has 13 heavy (non-hydrogen) atoms. The molecular weight excluding hydrogens is 188 g/mol. The topological polar surface area (TPSA) is 48.1 Å². The van der Waals surface area contributed by atoms with E-state index in [-0.39, 0.29) is 0 Å². The first-order valence-electron chi connectivity index (χ1n) is 4.26. The number of aryl methyl sites for hydroxylation is 1. The molecule has 0 amide bonds. The van der Waals surface area contributed by atoms with E-state index >= 15 is 0 Å². The molecule has 0 aromatic carbocycles. The van der Waals surface area contributed by atoms with Gasteiger partial charge in [-0.25, -0.2) is 4.98 Å². The Kier molecular flexibility index (Phi) is 2.04. The molecule has 0 aliphatic heterocycles. The van der Waals surface area contributed by atoms with Crippen LogP contribution in [0.3, 0.4) is 0 Å². The SMILES string of the molecule is Cc1nc(Cl)c(OC2CC2)cc1N. The molecule has 0 bridgehead atoms. The van der Waals surface area contributed by atoms with Crippen molar-refractivity contribution in [3.8, 4) is 5.75 Å². The van der Waals surface area contributed by atoms with E-state index in [1.54, 1.807) is 6.07 Å². The Morgan fingerprint density at radius 2 is 2.31 bits per heavy atom. The molecule has 1 aliphatic rings. The predicted molar refractivity (Wildman–Crippen MR) is 52.0 cm³/mol. The van der Waals surface area contributed by atoms with Crippen LogP contribution in [-0.4, -0.2) is 11.1 Å². The molecule has 0 spiro atoms. The maximum Gasteiger partial charge on any atom is 0.171 e. The molecule has 0 unspecified atom stereocenters. The van der Waals surface area contributed by atoms with Gasteiger partial charge in [-0.3, -0.25) is 0 Å². The van der Waals surface area contributed by atoms with Crippen LogP contribution in [0.2, 0.25) is 5.15 Å². The van der Waals surface area contributed by atoms with E-state index in [9.17, 15) is 0 Å². The van der Waals surface area contributed by atoms with Gasteiger partial charge in [0.25, 0.3) is 0 Å². The highest BCUT2D eigenvalue weighted by Gasteiger charge is 2.24. The summed E-state index contributed by atoms with van der Waals surface area (Å²) in [5.74, 6) is 0.604. The quantitative estimate of drug-likeness (QED) is 0.741. The van der Waals surface area contributed by atoms with Gasteiger partial charge in [0.2, 0.25) is 0 Å². The molecule has 70 valence electrons. The lowest BCUT2D eigenvalue weighted by atomic mass is 10.3. The second kappa shape index (κ2) is 3.07. The van der Waals surface area contributed by atoms with Gasteiger partial charge in [0, 0.05) is 6.07 Å². The van der Waals surface area contributed by atoms with Crippen molar-refractivity contribution in [3.63, 3.8) is 0 Å². The Bertz CT molecular complexity index is 337. The molecule has 1 aliphatic carbocycles. The highest BCUT2D eigenvalue weighted by atomic mass is 35.5. The lowest BCUT2D eigenvalue weighted by Crippen LogP contribution is -2.00. The number of pyridine rings is 1. The smallest absolute Gasteiger partial charge is 0.171 e. The molecule has 3 nitrogen and oxygen atoms in total. The summed E-state index contributed by atoms with van der Waals surface area (Å²) in [6.45, 7) is 1.82. The van der Waals surface area contributed by atoms with Gasteiger partial charge >= 0.3 is 0 Å². The predicted octanol–water partition coefficient (Wildman–Crippen LogP) is 2.17. The number of nitrogens with two attached hydrogens (primary N) is 1. The summed E-state index contributed by atoms with van der Waals surface area (Å²) in [5, 5.41) is 0.401. The number of ether oxygens (including phenoxy) is 1. The second-order valence-corrected chi connectivity index (χ2v) is 3.63. The minimum Gasteiger partial charge on any atom is -0.487 e. The van der Waals surface area contributed by atoms with Gasteiger partial charge < -0.3 is 10.5 Å². The Labute approximate surface area is 81.9 Å². The number of rotatable bonds is 2. The van der Waals surface area contributed by atoms with Crippen LogP contribution in [0.15, 0.2) is 6.07 Å². The third-order valence-corrected chi connectivity index (χ3v) is 2.26. The Morgan fingerprint density at radius 1 is 1.62 bits per heavy atom. The first kappa shape index (κ1) is 8.63. The van der Waals surface area contributed by atoms with Crippen LogP contribution < -0.4 is 10.5 Å². The fourth-order valence-corrected chi connectivity index (χ4v) is 1.25. The zero-order chi connectivity index (χ0) is 9.42. The van der Waals surface area contributed by atoms with Crippen molar-refractivity contribution < 1.29 is 4.74 Å². The molecule has 4 heteroatoms. The van der Waals surface area contributed by atoms with Crippen LogP contribution >= 0.6 is 11.6 Å². The first-order valence-corrected chi connectivity index (χ1v) is 4.64. The molecule has 1 fully saturated rings. The number of hydrogen-bond donors (Lipinski definition) is 1. The first-order chi connectivity index (χ1) is 6.16. The highest BCUT2D eigenvalue weighted by Crippen LogP contribution is 2.32. The number of anilines is 1. The fraction of sp³-hybridized carbons (Fsp3) is 0.444. The molecular formula is C9H11ClN2O. The molecule has 0 atom stereocenters. The monoisotopic (exact) mass is 198 g/mol. The van der Waals surface area contributed by atoms with Crippen molar-refractivity contribution in [1.29, 1.82) is 0 Å². The number of hydrogen-bond acceptors (Lipinski definition) is 3. The van der Waals surface area contributed by atoms with Crippen LogP contribution in [0.25, 0.3) is 0 Å². The van der Waals surface area contributed by atoms with Crippen LogP contribution in [0.4, 0.5) is 5.69 Å². The van der Waals surface area contributed by atoms with E-state index in [1.807, 2.05) is 6.92 Å². The molecule has 1 aromatic heterocycles. The summed E-state index contributed by atoms with van der Waals surface area (Å²) in [6, 6.07) is 1.74. The lowest BCUT2D eigenvalue weighted by Gasteiger charge is -2.08. The van der Waals surface area contributed by atoms with E-state index in [0.29, 0.717) is 22.7 Å². The molecule has 2 rings (SSSR count). The lowest BCUT2D eigenvalue weighted by molar-refractivity contribution is 0.302. The minimum absolute atomic E-state index is 0.321. The van der Waals surface area contributed by atoms with Gasteiger partial charge in [-0.1, -0.05) is 11.6 Å². The second-order valence-electron chi connectivity index (χ2n) is 3.27. The molecule has 1 heterocycles. The molecule has 2 N–H and O–H groups in total. The average Bonchev–Trinajstić information content (AvgIpc) is 2.84. The van der Waals surface area contributed by atoms with Crippen molar-refractivity contribution in [2.75, 3.05) is 5.73 Å². The van der Waals surface area contributed by atoms with E-state index in [2.05, 4.69) is 4.98 Å². The third kappa shape index (κ3) is 1.86. The number of halogens is 1. The Balaban J connectivity index is 2.27. The van der Waals surface area contributed by atoms with Gasteiger partial charge in [0.15, 0.2) is 10.9 Å². The van der Waals surface area contributed by atoms with Gasteiger partial charge in [-0.05, 0) is 19.8 Å². The molecule has 1 saturated carbocycles. The highest BCUT2D eigenvalue weighted by molar-refractivity contribution is 6.30. The van der Waals surface area contributed by atoms with Crippen molar-refractivity contribution in [3.05, 3.63) is 16.9 Å². The van der Waals surface area contributed by atoms with Gasteiger partial charge in [0.05, 0.1) is 17.5 Å². The number of aromatic nitrogens is 1. The third-order valence-electron chi connectivity index (χ3n) is 1.99. The maximum absolute atomic E-state index is 5.88. The summed E-state index contributed by atoms with van der Waals surface area (Å²) in [7, 11) is 0. The zero-order valence-corrected chi connectivity index (χ0v) is 8.14. The van der Waals surface area contributed by atoms with Crippen LogP contribution in [-0.2, 0) is 0 Å². The molecule has 0 radical (unpaired) electrons. The van der Waals surface area contributed by atoms with Gasteiger partial charge in [0.1, 0.15) is 0 Å². The molecule has 0 saturated heterocycles. The summed E-state index contributed by atoms with van der Waals surface area (Å²) in [4.78, 5) is 4.07. The number of nitrogen functional groups attached to an aromatic ring is 1. The van der Waals surface area contributed by atoms with Crippen LogP contribution in [0.1, 0.15) is 18.5 Å². The van der Waals surface area contributed by atoms with Crippen LogP contribution in [0, 0.1) is 6.92 Å². The van der Waals surface area contributed by atoms with E-state index in [1.165, 1.54) is 0 Å². The fourth-order valence-electron chi connectivity index (χ4n) is 1.02. The standard InChI is InChI=1S/C9H11ClN2O/c1-5-7(11)4-8(9(10)12-5)13-6-2-3-6/h4,6H,2-3,11H2,1H3. The summed E-state index contributed by atoms with van der Waals surface area (Å²) < 4.78 is 5.52.